The molecule has 0 amide bonds. The Morgan fingerprint density at radius 1 is 1.11 bits per heavy atom. The van der Waals surface area contributed by atoms with E-state index in [1.54, 1.807) is 0 Å². The van der Waals surface area contributed by atoms with Crippen molar-refractivity contribution in [2.75, 3.05) is 32.9 Å². The molecule has 0 aromatic heterocycles. The van der Waals surface area contributed by atoms with Crippen LogP contribution in [0, 0.1) is 11.8 Å². The third-order valence-electron chi connectivity index (χ3n) is 5.36. The largest absolute Gasteiger partial charge is 0.380 e. The van der Waals surface area contributed by atoms with Crippen molar-refractivity contribution in [1.29, 1.82) is 0 Å². The average Bonchev–Trinajstić information content (AvgIpc) is 2.93. The first-order chi connectivity index (χ1) is 8.89. The molecule has 4 rings (SSSR count). The van der Waals surface area contributed by atoms with E-state index in [9.17, 15) is 0 Å². The lowest BCUT2D eigenvalue weighted by atomic mass is 9.92. The zero-order chi connectivity index (χ0) is 12.0. The summed E-state index contributed by atoms with van der Waals surface area (Å²) in [6, 6.07) is 1.35. The van der Waals surface area contributed by atoms with Gasteiger partial charge in [-0.25, -0.2) is 0 Å². The van der Waals surface area contributed by atoms with E-state index in [0.29, 0.717) is 23.9 Å². The van der Waals surface area contributed by atoms with Crippen molar-refractivity contribution in [3.63, 3.8) is 0 Å². The molecule has 5 atom stereocenters. The molecule has 0 aromatic rings. The fourth-order valence-corrected chi connectivity index (χ4v) is 4.49. The van der Waals surface area contributed by atoms with Crippen LogP contribution >= 0.6 is 0 Å². The van der Waals surface area contributed by atoms with Crippen molar-refractivity contribution in [3.05, 3.63) is 0 Å². The average molecular weight is 252 g/mol. The maximum atomic E-state index is 6.38. The van der Waals surface area contributed by atoms with Crippen LogP contribution in [0.15, 0.2) is 0 Å². The van der Waals surface area contributed by atoms with E-state index < -0.39 is 0 Å². The second kappa shape index (κ2) is 4.44. The second-order valence-corrected chi connectivity index (χ2v) is 6.41. The molecule has 4 nitrogen and oxygen atoms in total. The fourth-order valence-electron chi connectivity index (χ4n) is 4.49. The van der Waals surface area contributed by atoms with Crippen LogP contribution in [0.2, 0.25) is 0 Å². The van der Waals surface area contributed by atoms with Crippen molar-refractivity contribution >= 4 is 0 Å². The normalized spacial score (nSPS) is 52.0. The zero-order valence-electron chi connectivity index (χ0n) is 11.0. The quantitative estimate of drug-likeness (QED) is 0.714. The summed E-state index contributed by atoms with van der Waals surface area (Å²) in [5.74, 6) is 1.40. The van der Waals surface area contributed by atoms with Gasteiger partial charge in [-0.15, -0.1) is 0 Å². The van der Waals surface area contributed by atoms with Crippen LogP contribution in [0.25, 0.3) is 0 Å². The van der Waals surface area contributed by atoms with Gasteiger partial charge in [0, 0.05) is 37.1 Å². The molecule has 2 aliphatic heterocycles. The van der Waals surface area contributed by atoms with E-state index in [0.717, 1.165) is 39.3 Å². The van der Waals surface area contributed by atoms with Crippen LogP contribution in [-0.4, -0.2) is 50.6 Å². The van der Waals surface area contributed by atoms with E-state index in [1.165, 1.54) is 19.3 Å². The minimum Gasteiger partial charge on any atom is -0.380 e. The molecule has 2 bridgehead atoms. The van der Waals surface area contributed by atoms with Crippen molar-refractivity contribution in [2.45, 2.75) is 43.4 Å². The SMILES string of the molecule is C1CNC2CCC(C3C4COCCNC43)(C2)OC1. The molecule has 0 radical (unpaired) electrons. The van der Waals surface area contributed by atoms with E-state index in [1.807, 2.05) is 0 Å². The minimum atomic E-state index is 0.154. The Bertz CT molecular complexity index is 313. The lowest BCUT2D eigenvalue weighted by Gasteiger charge is -2.33. The molecular formula is C14H24N2O2. The molecule has 18 heavy (non-hydrogen) atoms. The van der Waals surface area contributed by atoms with Crippen LogP contribution in [0.4, 0.5) is 0 Å². The summed E-state index contributed by atoms with van der Waals surface area (Å²) in [4.78, 5) is 0. The van der Waals surface area contributed by atoms with E-state index in [4.69, 9.17) is 9.47 Å². The summed E-state index contributed by atoms with van der Waals surface area (Å²) < 4.78 is 12.1. The van der Waals surface area contributed by atoms with Gasteiger partial charge in [0.1, 0.15) is 0 Å². The van der Waals surface area contributed by atoms with Crippen LogP contribution in [0.5, 0.6) is 0 Å². The summed E-state index contributed by atoms with van der Waals surface area (Å²) in [7, 11) is 0. The standard InChI is InChI=1S/C14H24N2O2/c1-4-15-10-2-3-14(8-10,18-6-1)12-11-9-17-7-5-16-13(11)12/h10-13,15-16H,1-9H2. The third kappa shape index (κ3) is 1.82. The summed E-state index contributed by atoms with van der Waals surface area (Å²) >= 11 is 0. The minimum absolute atomic E-state index is 0.154. The maximum absolute atomic E-state index is 6.38. The Hall–Kier alpha value is -0.160. The van der Waals surface area contributed by atoms with E-state index in [2.05, 4.69) is 10.6 Å². The second-order valence-electron chi connectivity index (χ2n) is 6.41. The van der Waals surface area contributed by atoms with Gasteiger partial charge in [-0.1, -0.05) is 0 Å². The first kappa shape index (κ1) is 11.6. The molecule has 2 saturated heterocycles. The summed E-state index contributed by atoms with van der Waals surface area (Å²) in [6.45, 7) is 4.87. The first-order valence-corrected chi connectivity index (χ1v) is 7.58. The van der Waals surface area contributed by atoms with E-state index >= 15 is 0 Å². The Kier molecular flexibility index (Phi) is 2.87. The number of nitrogens with one attached hydrogen (secondary N) is 2. The van der Waals surface area contributed by atoms with Gasteiger partial charge in [-0.3, -0.25) is 0 Å². The molecule has 2 aliphatic carbocycles. The number of hydrogen-bond donors (Lipinski definition) is 2. The molecular weight excluding hydrogens is 228 g/mol. The molecule has 2 heterocycles. The molecule has 4 aliphatic rings. The highest BCUT2D eigenvalue weighted by Gasteiger charge is 2.63. The first-order valence-electron chi connectivity index (χ1n) is 7.58. The third-order valence-corrected chi connectivity index (χ3v) is 5.36. The van der Waals surface area contributed by atoms with E-state index in [-0.39, 0.29) is 5.60 Å². The number of ether oxygens (including phenoxy) is 2. The summed E-state index contributed by atoms with van der Waals surface area (Å²) in [5, 5.41) is 7.34. The van der Waals surface area contributed by atoms with Crippen molar-refractivity contribution in [2.24, 2.45) is 11.8 Å². The highest BCUT2D eigenvalue weighted by molar-refractivity contribution is 5.16. The van der Waals surface area contributed by atoms with Crippen molar-refractivity contribution in [3.8, 4) is 0 Å². The number of rotatable bonds is 1. The van der Waals surface area contributed by atoms with Gasteiger partial charge in [-0.2, -0.15) is 0 Å². The van der Waals surface area contributed by atoms with Crippen molar-refractivity contribution < 1.29 is 9.47 Å². The predicted octanol–water partition coefficient (Wildman–Crippen LogP) is 0.522. The highest BCUT2D eigenvalue weighted by Crippen LogP contribution is 2.55. The molecule has 0 aromatic carbocycles. The van der Waals surface area contributed by atoms with Crippen LogP contribution < -0.4 is 10.6 Å². The molecule has 2 N–H and O–H groups in total. The smallest absolute Gasteiger partial charge is 0.0745 e. The molecule has 5 unspecified atom stereocenters. The van der Waals surface area contributed by atoms with Crippen LogP contribution in [0.3, 0.4) is 0 Å². The van der Waals surface area contributed by atoms with Gasteiger partial charge in [0.25, 0.3) is 0 Å². The molecule has 4 fully saturated rings. The Morgan fingerprint density at radius 3 is 3.11 bits per heavy atom. The monoisotopic (exact) mass is 252 g/mol. The Morgan fingerprint density at radius 2 is 2.11 bits per heavy atom. The molecule has 102 valence electrons. The topological polar surface area (TPSA) is 42.5 Å². The number of fused-ring (bicyclic) bond motifs is 3. The number of hydrogen-bond acceptors (Lipinski definition) is 4. The maximum Gasteiger partial charge on any atom is 0.0745 e. The summed E-state index contributed by atoms with van der Waals surface area (Å²) in [5.41, 5.74) is 0.154. The van der Waals surface area contributed by atoms with Gasteiger partial charge in [-0.05, 0) is 32.2 Å². The zero-order valence-corrected chi connectivity index (χ0v) is 11.0. The highest BCUT2D eigenvalue weighted by atomic mass is 16.5. The van der Waals surface area contributed by atoms with Crippen LogP contribution in [0.1, 0.15) is 25.7 Å². The predicted molar refractivity (Wildman–Crippen MR) is 68.5 cm³/mol. The lowest BCUT2D eigenvalue weighted by Crippen LogP contribution is -2.42. The molecule has 2 saturated carbocycles. The van der Waals surface area contributed by atoms with Gasteiger partial charge < -0.3 is 20.1 Å². The van der Waals surface area contributed by atoms with Gasteiger partial charge in [0.2, 0.25) is 0 Å². The Balaban J connectivity index is 1.52. The molecule has 0 spiro atoms. The fraction of sp³-hybridized carbons (Fsp3) is 1.00. The molecule has 4 heteroatoms. The van der Waals surface area contributed by atoms with Gasteiger partial charge in [0.05, 0.1) is 18.8 Å². The lowest BCUT2D eigenvalue weighted by molar-refractivity contribution is -0.0716. The van der Waals surface area contributed by atoms with Crippen LogP contribution in [-0.2, 0) is 9.47 Å². The van der Waals surface area contributed by atoms with Crippen molar-refractivity contribution in [1.82, 2.24) is 10.6 Å². The van der Waals surface area contributed by atoms with Gasteiger partial charge in [0.15, 0.2) is 0 Å². The summed E-state index contributed by atoms with van der Waals surface area (Å²) in [6.07, 6.45) is 4.90. The Labute approximate surface area is 109 Å². The van der Waals surface area contributed by atoms with Gasteiger partial charge >= 0.3 is 0 Å².